The second-order valence-corrected chi connectivity index (χ2v) is 9.52. The minimum absolute atomic E-state index is 0.0493. The van der Waals surface area contributed by atoms with E-state index in [1.807, 2.05) is 92.7 Å². The van der Waals surface area contributed by atoms with E-state index in [0.717, 1.165) is 27.8 Å². The third-order valence-corrected chi connectivity index (χ3v) is 5.87. The third-order valence-electron chi connectivity index (χ3n) is 5.87. The predicted octanol–water partition coefficient (Wildman–Crippen LogP) is 5.26. The van der Waals surface area contributed by atoms with Crippen LogP contribution in [0.5, 0.6) is 0 Å². The van der Waals surface area contributed by atoms with E-state index in [2.05, 4.69) is 19.2 Å². The quantitative estimate of drug-likeness (QED) is 0.452. The van der Waals surface area contributed by atoms with Crippen molar-refractivity contribution in [2.75, 3.05) is 6.54 Å². The molecule has 4 heteroatoms. The number of nitrogens with one attached hydrogen (secondary N) is 1. The van der Waals surface area contributed by atoms with Crippen LogP contribution in [0, 0.1) is 19.8 Å². The molecular formula is C30H36N2O2. The molecule has 3 rings (SSSR count). The number of carbonyl (C=O) groups excluding carboxylic acids is 2. The van der Waals surface area contributed by atoms with E-state index in [0.29, 0.717) is 25.4 Å². The standard InChI is InChI=1S/C30H36N2O2/c1-22(2)20-31-30(34)28(18-25-10-6-5-7-11-25)32(21-26-15-13-23(3)14-16-26)29(33)19-27-12-8-9-24(4)17-27/h5-17,22,28H,18-21H2,1-4H3,(H,31,34)/t28-/m1/s1. The van der Waals surface area contributed by atoms with E-state index in [9.17, 15) is 9.59 Å². The van der Waals surface area contributed by atoms with Gasteiger partial charge in [-0.1, -0.05) is 104 Å². The lowest BCUT2D eigenvalue weighted by atomic mass is 10.0. The fourth-order valence-corrected chi connectivity index (χ4v) is 3.96. The Kier molecular flexibility index (Phi) is 9.03. The summed E-state index contributed by atoms with van der Waals surface area (Å²) in [7, 11) is 0. The number of amides is 2. The van der Waals surface area contributed by atoms with E-state index in [1.165, 1.54) is 0 Å². The molecule has 178 valence electrons. The van der Waals surface area contributed by atoms with E-state index in [1.54, 1.807) is 4.90 Å². The first-order chi connectivity index (χ1) is 16.3. The number of benzene rings is 3. The molecule has 0 spiro atoms. The SMILES string of the molecule is Cc1ccc(CN(C(=O)Cc2cccc(C)c2)[C@H](Cc2ccccc2)C(=O)NCC(C)C)cc1. The van der Waals surface area contributed by atoms with Crippen LogP contribution in [0.3, 0.4) is 0 Å². The summed E-state index contributed by atoms with van der Waals surface area (Å²) in [6, 6.07) is 25.5. The summed E-state index contributed by atoms with van der Waals surface area (Å²) in [4.78, 5) is 28.9. The Balaban J connectivity index is 1.94. The average molecular weight is 457 g/mol. The van der Waals surface area contributed by atoms with Gasteiger partial charge in [-0.2, -0.15) is 0 Å². The van der Waals surface area contributed by atoms with Gasteiger partial charge in [-0.25, -0.2) is 0 Å². The van der Waals surface area contributed by atoms with Gasteiger partial charge in [0.25, 0.3) is 0 Å². The molecule has 0 aliphatic rings. The van der Waals surface area contributed by atoms with Crippen LogP contribution in [0.15, 0.2) is 78.9 Å². The summed E-state index contributed by atoms with van der Waals surface area (Å²) >= 11 is 0. The summed E-state index contributed by atoms with van der Waals surface area (Å²) in [6.45, 7) is 9.17. The highest BCUT2D eigenvalue weighted by Gasteiger charge is 2.30. The Bertz CT molecular complexity index is 1070. The number of rotatable bonds is 10. The molecule has 3 aromatic carbocycles. The molecule has 3 aromatic rings. The molecule has 34 heavy (non-hydrogen) atoms. The first kappa shape index (κ1) is 25.2. The van der Waals surface area contributed by atoms with Gasteiger partial charge in [-0.05, 0) is 36.5 Å². The van der Waals surface area contributed by atoms with Crippen LogP contribution < -0.4 is 5.32 Å². The van der Waals surface area contributed by atoms with Crippen LogP contribution in [-0.4, -0.2) is 29.3 Å². The topological polar surface area (TPSA) is 49.4 Å². The molecule has 0 aromatic heterocycles. The highest BCUT2D eigenvalue weighted by atomic mass is 16.2. The zero-order valence-corrected chi connectivity index (χ0v) is 20.8. The minimum atomic E-state index is -0.597. The van der Waals surface area contributed by atoms with E-state index >= 15 is 0 Å². The first-order valence-corrected chi connectivity index (χ1v) is 12.0. The molecule has 0 fully saturated rings. The molecule has 0 saturated carbocycles. The van der Waals surface area contributed by atoms with E-state index < -0.39 is 6.04 Å². The zero-order chi connectivity index (χ0) is 24.5. The van der Waals surface area contributed by atoms with Crippen molar-refractivity contribution in [2.24, 2.45) is 5.92 Å². The smallest absolute Gasteiger partial charge is 0.243 e. The lowest BCUT2D eigenvalue weighted by Gasteiger charge is -2.32. The summed E-state index contributed by atoms with van der Waals surface area (Å²) < 4.78 is 0. The molecule has 1 N–H and O–H groups in total. The second kappa shape index (κ2) is 12.2. The summed E-state index contributed by atoms with van der Waals surface area (Å²) in [5.74, 6) is 0.170. The fraction of sp³-hybridized carbons (Fsp3) is 0.333. The van der Waals surface area contributed by atoms with Crippen LogP contribution in [0.25, 0.3) is 0 Å². The summed E-state index contributed by atoms with van der Waals surface area (Å²) in [5, 5.41) is 3.07. The van der Waals surface area contributed by atoms with Gasteiger partial charge in [0.15, 0.2) is 0 Å². The maximum Gasteiger partial charge on any atom is 0.243 e. The van der Waals surface area contributed by atoms with Crippen molar-refractivity contribution in [1.82, 2.24) is 10.2 Å². The average Bonchev–Trinajstić information content (AvgIpc) is 2.81. The van der Waals surface area contributed by atoms with Gasteiger partial charge in [-0.15, -0.1) is 0 Å². The molecule has 1 atom stereocenters. The third kappa shape index (κ3) is 7.58. The van der Waals surface area contributed by atoms with Gasteiger partial charge in [0, 0.05) is 19.5 Å². The van der Waals surface area contributed by atoms with Crippen LogP contribution in [-0.2, 0) is 29.0 Å². The number of carbonyl (C=O) groups is 2. The van der Waals surface area contributed by atoms with Gasteiger partial charge in [0.1, 0.15) is 6.04 Å². The highest BCUT2D eigenvalue weighted by molar-refractivity contribution is 5.88. The van der Waals surface area contributed by atoms with Crippen molar-refractivity contribution in [1.29, 1.82) is 0 Å². The molecule has 0 aliphatic heterocycles. The second-order valence-electron chi connectivity index (χ2n) is 9.52. The van der Waals surface area contributed by atoms with Crippen molar-refractivity contribution < 1.29 is 9.59 Å². The molecule has 0 heterocycles. The van der Waals surface area contributed by atoms with Crippen molar-refractivity contribution >= 4 is 11.8 Å². The number of nitrogens with zero attached hydrogens (tertiary/aromatic N) is 1. The molecule has 0 unspecified atom stereocenters. The Hall–Kier alpha value is -3.40. The van der Waals surface area contributed by atoms with Gasteiger partial charge >= 0.3 is 0 Å². The van der Waals surface area contributed by atoms with Gasteiger partial charge in [-0.3, -0.25) is 9.59 Å². The van der Waals surface area contributed by atoms with Crippen LogP contribution in [0.4, 0.5) is 0 Å². The van der Waals surface area contributed by atoms with Crippen LogP contribution in [0.2, 0.25) is 0 Å². The normalized spacial score (nSPS) is 11.8. The molecule has 2 amide bonds. The maximum absolute atomic E-state index is 13.7. The molecule has 0 radical (unpaired) electrons. The largest absolute Gasteiger partial charge is 0.354 e. The fourth-order valence-electron chi connectivity index (χ4n) is 3.96. The van der Waals surface area contributed by atoms with E-state index in [-0.39, 0.29) is 18.2 Å². The van der Waals surface area contributed by atoms with Crippen molar-refractivity contribution in [3.05, 3.63) is 107 Å². The molecular weight excluding hydrogens is 420 g/mol. The monoisotopic (exact) mass is 456 g/mol. The predicted molar refractivity (Wildman–Crippen MR) is 138 cm³/mol. The summed E-state index contributed by atoms with van der Waals surface area (Å²) in [6.07, 6.45) is 0.729. The lowest BCUT2D eigenvalue weighted by Crippen LogP contribution is -2.51. The van der Waals surface area contributed by atoms with Crippen LogP contribution in [0.1, 0.15) is 41.7 Å². The molecule has 0 bridgehead atoms. The first-order valence-electron chi connectivity index (χ1n) is 12.0. The van der Waals surface area contributed by atoms with Gasteiger partial charge in [0.05, 0.1) is 6.42 Å². The van der Waals surface area contributed by atoms with Crippen molar-refractivity contribution in [2.45, 2.75) is 53.1 Å². The molecule has 0 aliphatic carbocycles. The number of hydrogen-bond acceptors (Lipinski definition) is 2. The van der Waals surface area contributed by atoms with E-state index in [4.69, 9.17) is 0 Å². The van der Waals surface area contributed by atoms with Gasteiger partial charge in [0.2, 0.25) is 11.8 Å². The Morgan fingerprint density at radius 3 is 2.12 bits per heavy atom. The Morgan fingerprint density at radius 2 is 1.47 bits per heavy atom. The summed E-state index contributed by atoms with van der Waals surface area (Å²) in [5.41, 5.74) is 5.28. The number of aryl methyl sites for hydroxylation is 2. The Morgan fingerprint density at radius 1 is 0.794 bits per heavy atom. The molecule has 4 nitrogen and oxygen atoms in total. The van der Waals surface area contributed by atoms with Crippen molar-refractivity contribution in [3.8, 4) is 0 Å². The van der Waals surface area contributed by atoms with Crippen molar-refractivity contribution in [3.63, 3.8) is 0 Å². The highest BCUT2D eigenvalue weighted by Crippen LogP contribution is 2.17. The maximum atomic E-state index is 13.7. The minimum Gasteiger partial charge on any atom is -0.354 e. The zero-order valence-electron chi connectivity index (χ0n) is 20.8. The lowest BCUT2D eigenvalue weighted by molar-refractivity contribution is -0.140. The number of hydrogen-bond donors (Lipinski definition) is 1. The van der Waals surface area contributed by atoms with Gasteiger partial charge < -0.3 is 10.2 Å². The molecule has 0 saturated heterocycles. The Labute approximate surface area is 204 Å². The van der Waals surface area contributed by atoms with Crippen LogP contribution >= 0.6 is 0 Å².